The zero-order valence-corrected chi connectivity index (χ0v) is 36.4. The third kappa shape index (κ3) is 11.2. The highest BCUT2D eigenvalue weighted by atomic mass is 16.2. The SMILES string of the molecule is CN1CCN(Cc2ccccc2CC(=O)N2CC[C@@H](C(=O)Nc3ccc(-c4ccc(NC(=O)[C@H]5CCN(C(=O)Cc6ccccc6CN6CCN(C)CC6)C5)cc4)cc3)C2)CC1. The van der Waals surface area contributed by atoms with Crippen LogP contribution in [0, 0.1) is 11.8 Å². The Kier molecular flexibility index (Phi) is 14.1. The fourth-order valence-corrected chi connectivity index (χ4v) is 9.19. The Morgan fingerprint density at radius 1 is 0.468 bits per heavy atom. The van der Waals surface area contributed by atoms with Crippen LogP contribution < -0.4 is 10.6 Å². The summed E-state index contributed by atoms with van der Waals surface area (Å²) in [5.74, 6) is -0.504. The Labute approximate surface area is 366 Å². The highest BCUT2D eigenvalue weighted by Crippen LogP contribution is 2.27. The van der Waals surface area contributed by atoms with Crippen molar-refractivity contribution in [2.24, 2.45) is 11.8 Å². The number of likely N-dealkylation sites (N-methyl/N-ethyl adjacent to an activating group) is 2. The zero-order valence-electron chi connectivity index (χ0n) is 36.4. The first-order chi connectivity index (χ1) is 30.1. The summed E-state index contributed by atoms with van der Waals surface area (Å²) in [5, 5.41) is 6.13. The van der Waals surface area contributed by atoms with Crippen LogP contribution in [-0.2, 0) is 45.1 Å². The monoisotopic (exact) mass is 838 g/mol. The molecule has 0 aliphatic carbocycles. The van der Waals surface area contributed by atoms with E-state index in [1.807, 2.05) is 82.6 Å². The molecule has 4 saturated heterocycles. The van der Waals surface area contributed by atoms with Crippen LogP contribution in [0.1, 0.15) is 35.1 Å². The Morgan fingerprint density at radius 3 is 1.19 bits per heavy atom. The van der Waals surface area contributed by atoms with E-state index in [1.54, 1.807) is 0 Å². The first-order valence-electron chi connectivity index (χ1n) is 22.5. The van der Waals surface area contributed by atoms with Crippen LogP contribution in [-0.4, -0.2) is 146 Å². The van der Waals surface area contributed by atoms with E-state index in [2.05, 4.69) is 68.6 Å². The number of amides is 4. The van der Waals surface area contributed by atoms with Crippen molar-refractivity contribution < 1.29 is 19.2 Å². The summed E-state index contributed by atoms with van der Waals surface area (Å²) in [5.41, 5.74) is 7.95. The number of hydrogen-bond acceptors (Lipinski definition) is 8. The van der Waals surface area contributed by atoms with Crippen LogP contribution in [0.15, 0.2) is 97.1 Å². The standard InChI is InChI=1S/C50H62N8O4/c1-53-23-27-55(28-24-53)33-41-9-5-3-7-39(41)31-47(59)57-21-19-43(35-57)49(61)51-45-15-11-37(12-16-45)38-13-17-46(18-14-38)52-50(62)44-20-22-58(36-44)48(60)32-40-8-4-6-10-42(40)34-56-29-25-54(2)26-30-56/h3-18,43-44H,19-36H2,1-2H3,(H,51,61)(H,52,62)/t43-,44+. The second-order valence-corrected chi connectivity index (χ2v) is 17.8. The second kappa shape index (κ2) is 20.2. The molecule has 4 aliphatic heterocycles. The van der Waals surface area contributed by atoms with Gasteiger partial charge in [-0.2, -0.15) is 0 Å². The van der Waals surface area contributed by atoms with Crippen molar-refractivity contribution in [1.29, 1.82) is 0 Å². The fourth-order valence-electron chi connectivity index (χ4n) is 9.19. The summed E-state index contributed by atoms with van der Waals surface area (Å²) in [6.07, 6.45) is 1.99. The molecule has 326 valence electrons. The fraction of sp³-hybridized carbons (Fsp3) is 0.440. The number of nitrogens with zero attached hydrogens (tertiary/aromatic N) is 6. The van der Waals surface area contributed by atoms with Crippen molar-refractivity contribution in [1.82, 2.24) is 29.4 Å². The molecular weight excluding hydrogens is 777 g/mol. The third-order valence-electron chi connectivity index (χ3n) is 13.4. The van der Waals surface area contributed by atoms with Gasteiger partial charge < -0.3 is 30.2 Å². The lowest BCUT2D eigenvalue weighted by molar-refractivity contribution is -0.130. The number of rotatable bonds is 13. The molecule has 0 aromatic heterocycles. The second-order valence-electron chi connectivity index (χ2n) is 17.8. The number of anilines is 2. The molecule has 2 atom stereocenters. The molecule has 8 rings (SSSR count). The van der Waals surface area contributed by atoms with Crippen LogP contribution in [0.5, 0.6) is 0 Å². The van der Waals surface area contributed by atoms with E-state index in [0.717, 1.165) is 87.7 Å². The number of hydrogen-bond donors (Lipinski definition) is 2. The number of carbonyl (C=O) groups excluding carboxylic acids is 4. The quantitative estimate of drug-likeness (QED) is 0.196. The molecule has 0 radical (unpaired) electrons. The highest BCUT2D eigenvalue weighted by molar-refractivity contribution is 5.95. The van der Waals surface area contributed by atoms with Crippen LogP contribution in [0.3, 0.4) is 0 Å². The molecule has 62 heavy (non-hydrogen) atoms. The predicted octanol–water partition coefficient (Wildman–Crippen LogP) is 4.91. The maximum absolute atomic E-state index is 13.4. The number of piperazine rings is 2. The maximum atomic E-state index is 13.4. The van der Waals surface area contributed by atoms with Gasteiger partial charge in [0.15, 0.2) is 0 Å². The predicted molar refractivity (Wildman–Crippen MR) is 244 cm³/mol. The molecule has 4 fully saturated rings. The van der Waals surface area contributed by atoms with Gasteiger partial charge in [-0.3, -0.25) is 29.0 Å². The van der Waals surface area contributed by atoms with Gasteiger partial charge >= 0.3 is 0 Å². The number of nitrogens with one attached hydrogen (secondary N) is 2. The molecule has 0 bridgehead atoms. The van der Waals surface area contributed by atoms with Gasteiger partial charge in [0.05, 0.1) is 24.7 Å². The first kappa shape index (κ1) is 43.3. The first-order valence-corrected chi connectivity index (χ1v) is 22.5. The minimum absolute atomic E-state index is 0.0691. The van der Waals surface area contributed by atoms with Crippen LogP contribution in [0.2, 0.25) is 0 Å². The summed E-state index contributed by atoms with van der Waals surface area (Å²) in [6, 6.07) is 32.0. The Morgan fingerprint density at radius 2 is 0.823 bits per heavy atom. The molecule has 0 unspecified atom stereocenters. The van der Waals surface area contributed by atoms with Crippen molar-refractivity contribution in [2.45, 2.75) is 38.8 Å². The van der Waals surface area contributed by atoms with E-state index < -0.39 is 0 Å². The molecule has 4 heterocycles. The molecule has 4 aromatic carbocycles. The average molecular weight is 839 g/mol. The van der Waals surface area contributed by atoms with E-state index in [4.69, 9.17) is 0 Å². The number of carbonyl (C=O) groups is 4. The lowest BCUT2D eigenvalue weighted by Crippen LogP contribution is -2.44. The minimum atomic E-state index is -0.255. The van der Waals surface area contributed by atoms with E-state index in [0.29, 0.717) is 63.2 Å². The number of benzene rings is 4. The normalized spacial score (nSPS) is 20.4. The van der Waals surface area contributed by atoms with Crippen molar-refractivity contribution in [2.75, 3.05) is 103 Å². The van der Waals surface area contributed by atoms with Crippen molar-refractivity contribution >= 4 is 35.0 Å². The summed E-state index contributed by atoms with van der Waals surface area (Å²) in [6.45, 7) is 12.1. The summed E-state index contributed by atoms with van der Waals surface area (Å²) in [4.78, 5) is 66.7. The molecular formula is C50H62N8O4. The maximum Gasteiger partial charge on any atom is 0.229 e. The van der Waals surface area contributed by atoms with Crippen LogP contribution >= 0.6 is 0 Å². The van der Waals surface area contributed by atoms with Gasteiger partial charge in [-0.1, -0.05) is 72.8 Å². The van der Waals surface area contributed by atoms with Crippen molar-refractivity contribution in [3.05, 3.63) is 119 Å². The topological polar surface area (TPSA) is 112 Å². The Hall–Kier alpha value is -5.40. The van der Waals surface area contributed by atoms with Gasteiger partial charge in [-0.25, -0.2) is 0 Å². The summed E-state index contributed by atoms with van der Waals surface area (Å²) < 4.78 is 0. The van der Waals surface area contributed by atoms with Crippen molar-refractivity contribution in [3.63, 3.8) is 0 Å². The molecule has 4 aromatic rings. The van der Waals surface area contributed by atoms with Gasteiger partial charge in [0.2, 0.25) is 23.6 Å². The van der Waals surface area contributed by atoms with Gasteiger partial charge in [0.1, 0.15) is 0 Å². The molecule has 0 saturated carbocycles. The smallest absolute Gasteiger partial charge is 0.229 e. The third-order valence-corrected chi connectivity index (χ3v) is 13.4. The lowest BCUT2D eigenvalue weighted by atomic mass is 10.0. The van der Waals surface area contributed by atoms with Crippen molar-refractivity contribution in [3.8, 4) is 11.1 Å². The summed E-state index contributed by atoms with van der Waals surface area (Å²) >= 11 is 0. The van der Waals surface area contributed by atoms with Crippen LogP contribution in [0.25, 0.3) is 11.1 Å². The van der Waals surface area contributed by atoms with Gasteiger partial charge in [0.25, 0.3) is 0 Å². The number of likely N-dealkylation sites (tertiary alicyclic amines) is 2. The summed E-state index contributed by atoms with van der Waals surface area (Å²) in [7, 11) is 4.31. The molecule has 12 nitrogen and oxygen atoms in total. The molecule has 4 aliphatic rings. The average Bonchev–Trinajstić information content (AvgIpc) is 4.00. The molecule has 12 heteroatoms. The van der Waals surface area contributed by atoms with E-state index in [-0.39, 0.29) is 35.5 Å². The zero-order chi connectivity index (χ0) is 43.0. The van der Waals surface area contributed by atoms with E-state index >= 15 is 0 Å². The van der Waals surface area contributed by atoms with Gasteiger partial charge in [-0.05, 0) is 84.6 Å². The van der Waals surface area contributed by atoms with Crippen LogP contribution in [0.4, 0.5) is 11.4 Å². The largest absolute Gasteiger partial charge is 0.342 e. The van der Waals surface area contributed by atoms with E-state index in [1.165, 1.54) is 11.1 Å². The Balaban J connectivity index is 0.771. The molecule has 0 spiro atoms. The Bertz CT molecular complexity index is 2020. The lowest BCUT2D eigenvalue weighted by Gasteiger charge is -2.32. The molecule has 2 N–H and O–H groups in total. The van der Waals surface area contributed by atoms with Gasteiger partial charge in [0, 0.05) is 103 Å². The van der Waals surface area contributed by atoms with Gasteiger partial charge in [-0.15, -0.1) is 0 Å². The minimum Gasteiger partial charge on any atom is -0.342 e. The highest BCUT2D eigenvalue weighted by Gasteiger charge is 2.33. The van der Waals surface area contributed by atoms with E-state index in [9.17, 15) is 19.2 Å². The molecule has 4 amide bonds.